The molecular formula is C14H20ClN. The van der Waals surface area contributed by atoms with E-state index in [1.165, 1.54) is 24.8 Å². The van der Waals surface area contributed by atoms with E-state index in [2.05, 4.69) is 31.3 Å². The molecule has 1 nitrogen and oxygen atoms in total. The lowest BCUT2D eigenvalue weighted by Gasteiger charge is -2.15. The number of hydrogen-bond donors (Lipinski definition) is 1. The van der Waals surface area contributed by atoms with Crippen molar-refractivity contribution in [1.82, 2.24) is 0 Å². The van der Waals surface area contributed by atoms with Crippen LogP contribution in [0.1, 0.15) is 44.6 Å². The summed E-state index contributed by atoms with van der Waals surface area (Å²) in [7, 11) is 0. The van der Waals surface area contributed by atoms with Gasteiger partial charge in [-0.2, -0.15) is 0 Å². The van der Waals surface area contributed by atoms with E-state index in [1.54, 1.807) is 0 Å². The zero-order valence-corrected chi connectivity index (χ0v) is 10.8. The minimum absolute atomic E-state index is 0.648. The van der Waals surface area contributed by atoms with Crippen molar-refractivity contribution >= 4 is 17.3 Å². The third-order valence-corrected chi connectivity index (χ3v) is 3.79. The molecule has 88 valence electrons. The Labute approximate surface area is 103 Å². The molecule has 1 aliphatic rings. The molecule has 0 saturated carbocycles. The molecule has 0 aromatic heterocycles. The van der Waals surface area contributed by atoms with Crippen molar-refractivity contribution in [2.75, 3.05) is 11.9 Å². The first-order chi connectivity index (χ1) is 7.72. The highest BCUT2D eigenvalue weighted by atomic mass is 35.5. The van der Waals surface area contributed by atoms with Gasteiger partial charge in [0.2, 0.25) is 0 Å². The van der Waals surface area contributed by atoms with Crippen molar-refractivity contribution in [3.63, 3.8) is 0 Å². The molecule has 1 heterocycles. The average molecular weight is 238 g/mol. The lowest BCUT2D eigenvalue weighted by molar-refractivity contribution is 0.448. The maximum Gasteiger partial charge on any atom is 0.0640 e. The Balaban J connectivity index is 2.09. The van der Waals surface area contributed by atoms with E-state index in [4.69, 9.17) is 11.6 Å². The zero-order valence-electron chi connectivity index (χ0n) is 10.1. The van der Waals surface area contributed by atoms with Crippen LogP contribution in [0.2, 0.25) is 5.02 Å². The van der Waals surface area contributed by atoms with Gasteiger partial charge in [0.25, 0.3) is 0 Å². The summed E-state index contributed by atoms with van der Waals surface area (Å²) in [4.78, 5) is 0. The van der Waals surface area contributed by atoms with Crippen molar-refractivity contribution < 1.29 is 0 Å². The minimum Gasteiger partial charge on any atom is -0.383 e. The van der Waals surface area contributed by atoms with Crippen molar-refractivity contribution in [3.05, 3.63) is 28.8 Å². The second kappa shape index (κ2) is 5.09. The maximum atomic E-state index is 6.17. The summed E-state index contributed by atoms with van der Waals surface area (Å²) in [6, 6.07) is 6.24. The molecule has 2 unspecified atom stereocenters. The summed E-state index contributed by atoms with van der Waals surface area (Å²) < 4.78 is 0. The Morgan fingerprint density at radius 1 is 1.50 bits per heavy atom. The Morgan fingerprint density at radius 3 is 3.06 bits per heavy atom. The topological polar surface area (TPSA) is 12.0 Å². The predicted molar refractivity (Wildman–Crippen MR) is 71.4 cm³/mol. The average Bonchev–Trinajstić information content (AvgIpc) is 2.64. The second-order valence-electron chi connectivity index (χ2n) is 4.91. The lowest BCUT2D eigenvalue weighted by atomic mass is 9.89. The van der Waals surface area contributed by atoms with E-state index in [1.807, 2.05) is 6.07 Å². The summed E-state index contributed by atoms with van der Waals surface area (Å²) in [5, 5.41) is 4.30. The maximum absolute atomic E-state index is 6.17. The number of nitrogens with one attached hydrogen (secondary N) is 1. The van der Waals surface area contributed by atoms with Crippen molar-refractivity contribution in [2.45, 2.75) is 39.0 Å². The summed E-state index contributed by atoms with van der Waals surface area (Å²) in [6.45, 7) is 5.66. The fourth-order valence-corrected chi connectivity index (χ4v) is 2.96. The highest BCUT2D eigenvalue weighted by molar-refractivity contribution is 6.33. The molecule has 0 aliphatic carbocycles. The summed E-state index contributed by atoms with van der Waals surface area (Å²) in [5.74, 6) is 1.46. The van der Waals surface area contributed by atoms with E-state index in [0.717, 1.165) is 23.2 Å². The molecule has 2 rings (SSSR count). The standard InChI is InChI=1S/C14H20ClN/c1-3-5-10(2)8-11-9-16-14-12(11)6-4-7-13(14)15/h4,6-7,10-11,16H,3,5,8-9H2,1-2H3. The number of hydrogen-bond acceptors (Lipinski definition) is 1. The molecule has 0 saturated heterocycles. The van der Waals surface area contributed by atoms with Crippen LogP contribution in [0.3, 0.4) is 0 Å². The lowest BCUT2D eigenvalue weighted by Crippen LogP contribution is -2.07. The van der Waals surface area contributed by atoms with Gasteiger partial charge in [-0.3, -0.25) is 0 Å². The molecule has 0 radical (unpaired) electrons. The minimum atomic E-state index is 0.648. The van der Waals surface area contributed by atoms with Gasteiger partial charge >= 0.3 is 0 Å². The number of anilines is 1. The molecule has 0 amide bonds. The van der Waals surface area contributed by atoms with Crippen LogP contribution in [0.25, 0.3) is 0 Å². The fourth-order valence-electron chi connectivity index (χ4n) is 2.71. The molecule has 0 spiro atoms. The first kappa shape index (κ1) is 11.8. The largest absolute Gasteiger partial charge is 0.383 e. The van der Waals surface area contributed by atoms with Crippen molar-refractivity contribution in [1.29, 1.82) is 0 Å². The van der Waals surface area contributed by atoms with Crippen LogP contribution >= 0.6 is 11.6 Å². The van der Waals surface area contributed by atoms with Gasteiger partial charge in [0.15, 0.2) is 0 Å². The third-order valence-electron chi connectivity index (χ3n) is 3.48. The first-order valence-electron chi connectivity index (χ1n) is 6.24. The van der Waals surface area contributed by atoms with Crippen molar-refractivity contribution in [2.24, 2.45) is 5.92 Å². The van der Waals surface area contributed by atoms with E-state index in [-0.39, 0.29) is 0 Å². The van der Waals surface area contributed by atoms with Gasteiger partial charge in [0.05, 0.1) is 10.7 Å². The number of benzene rings is 1. The second-order valence-corrected chi connectivity index (χ2v) is 5.32. The highest BCUT2D eigenvalue weighted by Gasteiger charge is 2.24. The smallest absolute Gasteiger partial charge is 0.0640 e. The van der Waals surface area contributed by atoms with Crippen LogP contribution < -0.4 is 5.32 Å². The molecule has 0 fully saturated rings. The van der Waals surface area contributed by atoms with Crippen LogP contribution in [0.15, 0.2) is 18.2 Å². The number of fused-ring (bicyclic) bond motifs is 1. The Morgan fingerprint density at radius 2 is 2.31 bits per heavy atom. The van der Waals surface area contributed by atoms with E-state index in [9.17, 15) is 0 Å². The SMILES string of the molecule is CCCC(C)CC1CNc2c(Cl)cccc21. The monoisotopic (exact) mass is 237 g/mol. The van der Waals surface area contributed by atoms with Gasteiger partial charge in [-0.05, 0) is 24.0 Å². The number of halogens is 1. The summed E-state index contributed by atoms with van der Waals surface area (Å²) >= 11 is 6.17. The van der Waals surface area contributed by atoms with Gasteiger partial charge in [0, 0.05) is 12.5 Å². The predicted octanol–water partition coefficient (Wildman–Crippen LogP) is 4.68. The summed E-state index contributed by atoms with van der Waals surface area (Å²) in [6.07, 6.45) is 3.88. The van der Waals surface area contributed by atoms with Gasteiger partial charge in [-0.1, -0.05) is 50.4 Å². The normalized spacial score (nSPS) is 20.3. The van der Waals surface area contributed by atoms with Gasteiger partial charge in [-0.15, -0.1) is 0 Å². The molecule has 1 aromatic carbocycles. The van der Waals surface area contributed by atoms with E-state index >= 15 is 0 Å². The quantitative estimate of drug-likeness (QED) is 0.802. The van der Waals surface area contributed by atoms with E-state index in [0.29, 0.717) is 5.92 Å². The Kier molecular flexibility index (Phi) is 3.75. The van der Waals surface area contributed by atoms with Gasteiger partial charge in [0.1, 0.15) is 0 Å². The van der Waals surface area contributed by atoms with Crippen molar-refractivity contribution in [3.8, 4) is 0 Å². The van der Waals surface area contributed by atoms with Crippen LogP contribution in [0.4, 0.5) is 5.69 Å². The van der Waals surface area contributed by atoms with Crippen LogP contribution in [0.5, 0.6) is 0 Å². The Hall–Kier alpha value is -0.690. The summed E-state index contributed by atoms with van der Waals surface area (Å²) in [5.41, 5.74) is 2.58. The van der Waals surface area contributed by atoms with E-state index < -0.39 is 0 Å². The first-order valence-corrected chi connectivity index (χ1v) is 6.62. The number of para-hydroxylation sites is 1. The molecule has 1 N–H and O–H groups in total. The van der Waals surface area contributed by atoms with Gasteiger partial charge < -0.3 is 5.32 Å². The molecule has 2 atom stereocenters. The van der Waals surface area contributed by atoms with Crippen LogP contribution in [-0.2, 0) is 0 Å². The fraction of sp³-hybridized carbons (Fsp3) is 0.571. The molecular weight excluding hydrogens is 218 g/mol. The molecule has 1 aromatic rings. The molecule has 1 aliphatic heterocycles. The number of rotatable bonds is 4. The van der Waals surface area contributed by atoms with Gasteiger partial charge in [-0.25, -0.2) is 0 Å². The Bertz CT molecular complexity index is 362. The molecule has 2 heteroatoms. The zero-order chi connectivity index (χ0) is 11.5. The van der Waals surface area contributed by atoms with Crippen LogP contribution in [0, 0.1) is 5.92 Å². The van der Waals surface area contributed by atoms with Crippen LogP contribution in [-0.4, -0.2) is 6.54 Å². The molecule has 0 bridgehead atoms. The molecule has 16 heavy (non-hydrogen) atoms. The highest BCUT2D eigenvalue weighted by Crippen LogP contribution is 2.39. The third kappa shape index (κ3) is 2.35.